The Morgan fingerprint density at radius 1 is 1.54 bits per heavy atom. The van der Waals surface area contributed by atoms with Crippen LogP contribution in [-0.4, -0.2) is 14.8 Å². The summed E-state index contributed by atoms with van der Waals surface area (Å²) in [5, 5.41) is 2.94. The van der Waals surface area contributed by atoms with Crippen LogP contribution in [0.3, 0.4) is 0 Å². The summed E-state index contributed by atoms with van der Waals surface area (Å²) < 4.78 is -0.0200. The second-order valence-corrected chi connectivity index (χ2v) is 8.90. The second kappa shape index (κ2) is 4.04. The summed E-state index contributed by atoms with van der Waals surface area (Å²) in [7, 11) is 0. The van der Waals surface area contributed by atoms with Crippen LogP contribution >= 0.6 is 38.5 Å². The fourth-order valence-electron chi connectivity index (χ4n) is 1.41. The minimum absolute atomic E-state index is 0.0200. The predicted molar refractivity (Wildman–Crippen MR) is 66.3 cm³/mol. The molecular weight excluding hydrogens is 345 g/mol. The number of hydrogen-bond donors (Lipinski definition) is 1. The third-order valence-corrected chi connectivity index (χ3v) is 5.90. The summed E-state index contributed by atoms with van der Waals surface area (Å²) in [5.41, 5.74) is 0.223. The Hall–Kier alpha value is 0.680. The molecule has 0 radical (unpaired) electrons. The van der Waals surface area contributed by atoms with Crippen molar-refractivity contribution in [3.05, 3.63) is 0 Å². The summed E-state index contributed by atoms with van der Waals surface area (Å²) >= 11 is 6.09. The molecule has 76 valence electrons. The number of halogens is 2. The third kappa shape index (κ3) is 2.81. The van der Waals surface area contributed by atoms with E-state index >= 15 is 0 Å². The van der Waals surface area contributed by atoms with E-state index in [1.165, 1.54) is 0 Å². The Balaban J connectivity index is 2.74. The number of carbonyl (C=O) groups is 1. The van der Waals surface area contributed by atoms with Crippen molar-refractivity contribution in [1.29, 1.82) is 0 Å². The quantitative estimate of drug-likeness (QED) is 0.523. The monoisotopic (exact) mass is 359 g/mol. The highest BCUT2D eigenvalue weighted by Crippen LogP contribution is 2.47. The van der Waals surface area contributed by atoms with Crippen molar-refractivity contribution >= 4 is 44.4 Å². The molecule has 0 aromatic heterocycles. The summed E-state index contributed by atoms with van der Waals surface area (Å²) in [5.74, 6) is 0.177. The molecule has 0 spiro atoms. The van der Waals surface area contributed by atoms with Crippen molar-refractivity contribution in [3.63, 3.8) is 0 Å². The standard InChI is InChI=1S/C9H15BrINO/c1-8(2)5-3-4-7(13)12-6-9(8,10)11/h3-6H2,1-2H3,(H,12,13). The van der Waals surface area contributed by atoms with Gasteiger partial charge in [0.1, 0.15) is 0 Å². The van der Waals surface area contributed by atoms with Crippen molar-refractivity contribution in [2.24, 2.45) is 5.41 Å². The van der Waals surface area contributed by atoms with Gasteiger partial charge in [0.15, 0.2) is 0 Å². The van der Waals surface area contributed by atoms with Crippen LogP contribution < -0.4 is 5.32 Å². The molecule has 1 atom stereocenters. The molecule has 2 nitrogen and oxygen atoms in total. The second-order valence-electron chi connectivity index (χ2n) is 4.22. The lowest BCUT2D eigenvalue weighted by molar-refractivity contribution is -0.121. The van der Waals surface area contributed by atoms with E-state index in [1.807, 2.05) is 0 Å². The van der Waals surface area contributed by atoms with E-state index in [0.29, 0.717) is 13.0 Å². The lowest BCUT2D eigenvalue weighted by Crippen LogP contribution is -2.45. The van der Waals surface area contributed by atoms with Gasteiger partial charge in [-0.05, 0) is 18.3 Å². The molecule has 4 heteroatoms. The summed E-state index contributed by atoms with van der Waals surface area (Å²) in [6, 6.07) is 0. The largest absolute Gasteiger partial charge is 0.354 e. The molecule has 1 N–H and O–H groups in total. The summed E-state index contributed by atoms with van der Waals surface area (Å²) in [4.78, 5) is 11.2. The van der Waals surface area contributed by atoms with Gasteiger partial charge in [0.25, 0.3) is 0 Å². The molecule has 0 saturated carbocycles. The Morgan fingerprint density at radius 3 is 2.77 bits per heavy atom. The van der Waals surface area contributed by atoms with E-state index in [1.54, 1.807) is 0 Å². The maximum absolute atomic E-state index is 11.2. The van der Waals surface area contributed by atoms with Gasteiger partial charge in [0.05, 0.1) is 2.33 Å². The Labute approximate surface area is 101 Å². The van der Waals surface area contributed by atoms with E-state index in [-0.39, 0.29) is 13.7 Å². The van der Waals surface area contributed by atoms with Crippen molar-refractivity contribution < 1.29 is 4.79 Å². The van der Waals surface area contributed by atoms with E-state index in [4.69, 9.17) is 0 Å². The van der Waals surface area contributed by atoms with Gasteiger partial charge in [-0.1, -0.05) is 52.4 Å². The van der Waals surface area contributed by atoms with Crippen LogP contribution in [0.5, 0.6) is 0 Å². The van der Waals surface area contributed by atoms with Crippen LogP contribution in [0.15, 0.2) is 0 Å². The minimum Gasteiger partial charge on any atom is -0.354 e. The average molecular weight is 360 g/mol. The molecule has 0 aromatic carbocycles. The third-order valence-electron chi connectivity index (χ3n) is 2.70. The molecule has 0 bridgehead atoms. The predicted octanol–water partition coefficient (Wildman–Crippen LogP) is 2.84. The van der Waals surface area contributed by atoms with Gasteiger partial charge in [-0.15, -0.1) is 0 Å². The lowest BCUT2D eigenvalue weighted by Gasteiger charge is -2.39. The first kappa shape index (κ1) is 11.8. The van der Waals surface area contributed by atoms with Crippen molar-refractivity contribution in [3.8, 4) is 0 Å². The van der Waals surface area contributed by atoms with E-state index in [9.17, 15) is 4.79 Å². The van der Waals surface area contributed by atoms with Crippen molar-refractivity contribution in [2.45, 2.75) is 35.4 Å². The highest BCUT2D eigenvalue weighted by Gasteiger charge is 2.41. The van der Waals surface area contributed by atoms with Crippen LogP contribution in [0.4, 0.5) is 0 Å². The Kier molecular flexibility index (Phi) is 3.66. The molecule has 1 saturated heterocycles. The number of carbonyl (C=O) groups excluding carboxylic acids is 1. The van der Waals surface area contributed by atoms with E-state index < -0.39 is 0 Å². The minimum atomic E-state index is -0.0200. The fourth-order valence-corrected chi connectivity index (χ4v) is 2.21. The van der Waals surface area contributed by atoms with Gasteiger partial charge in [0.2, 0.25) is 5.91 Å². The zero-order chi connectivity index (χ0) is 10.1. The van der Waals surface area contributed by atoms with Crippen LogP contribution in [0.1, 0.15) is 33.1 Å². The van der Waals surface area contributed by atoms with Crippen LogP contribution in [0, 0.1) is 5.41 Å². The topological polar surface area (TPSA) is 29.1 Å². The molecule has 1 unspecified atom stereocenters. The molecule has 0 aromatic rings. The number of amides is 1. The van der Waals surface area contributed by atoms with Gasteiger partial charge in [-0.2, -0.15) is 0 Å². The molecule has 1 amide bonds. The maximum atomic E-state index is 11.2. The maximum Gasteiger partial charge on any atom is 0.220 e. The fraction of sp³-hybridized carbons (Fsp3) is 0.889. The Morgan fingerprint density at radius 2 is 2.15 bits per heavy atom. The van der Waals surface area contributed by atoms with Gasteiger partial charge in [-0.3, -0.25) is 4.79 Å². The first-order chi connectivity index (χ1) is 5.85. The number of rotatable bonds is 0. The van der Waals surface area contributed by atoms with E-state index in [0.717, 1.165) is 12.8 Å². The summed E-state index contributed by atoms with van der Waals surface area (Å²) in [6.07, 6.45) is 2.74. The molecule has 1 aliphatic rings. The molecule has 1 rings (SSSR count). The molecule has 1 fully saturated rings. The van der Waals surface area contributed by atoms with E-state index in [2.05, 4.69) is 57.7 Å². The average Bonchev–Trinajstić information content (AvgIpc) is 1.99. The van der Waals surface area contributed by atoms with Crippen molar-refractivity contribution in [2.75, 3.05) is 6.54 Å². The molecule has 13 heavy (non-hydrogen) atoms. The van der Waals surface area contributed by atoms with Gasteiger partial charge < -0.3 is 5.32 Å². The highest BCUT2D eigenvalue weighted by atomic mass is 127. The molecule has 0 aliphatic carbocycles. The SMILES string of the molecule is CC1(C)CCCC(=O)NCC1(Br)I. The summed E-state index contributed by atoms with van der Waals surface area (Å²) in [6.45, 7) is 5.19. The Bertz CT molecular complexity index is 216. The van der Waals surface area contributed by atoms with Crippen LogP contribution in [0.2, 0.25) is 0 Å². The van der Waals surface area contributed by atoms with Gasteiger partial charge >= 0.3 is 0 Å². The van der Waals surface area contributed by atoms with Gasteiger partial charge in [0, 0.05) is 13.0 Å². The highest BCUT2D eigenvalue weighted by molar-refractivity contribution is 14.1. The van der Waals surface area contributed by atoms with Crippen LogP contribution in [0.25, 0.3) is 0 Å². The normalized spacial score (nSPS) is 34.6. The lowest BCUT2D eigenvalue weighted by atomic mass is 9.82. The number of alkyl halides is 2. The molecule has 1 heterocycles. The number of hydrogen-bond acceptors (Lipinski definition) is 1. The molecule has 1 aliphatic heterocycles. The number of nitrogens with one attached hydrogen (secondary N) is 1. The van der Waals surface area contributed by atoms with Crippen LogP contribution in [-0.2, 0) is 4.79 Å². The first-order valence-electron chi connectivity index (χ1n) is 4.50. The zero-order valence-electron chi connectivity index (χ0n) is 7.99. The molecular formula is C9H15BrINO. The zero-order valence-corrected chi connectivity index (χ0v) is 11.7. The van der Waals surface area contributed by atoms with Gasteiger partial charge in [-0.25, -0.2) is 0 Å². The van der Waals surface area contributed by atoms with Crippen molar-refractivity contribution in [1.82, 2.24) is 5.32 Å². The first-order valence-corrected chi connectivity index (χ1v) is 6.37. The smallest absolute Gasteiger partial charge is 0.220 e.